The molecule has 0 radical (unpaired) electrons. The monoisotopic (exact) mass is 358 g/mol. The van der Waals surface area contributed by atoms with Crippen LogP contribution in [-0.2, 0) is 0 Å². The van der Waals surface area contributed by atoms with E-state index >= 15 is 0 Å². The van der Waals surface area contributed by atoms with E-state index in [1.54, 1.807) is 73.2 Å². The Kier molecular flexibility index (Phi) is 4.32. The molecule has 0 spiro atoms. The van der Waals surface area contributed by atoms with Gasteiger partial charge in [0.2, 0.25) is 0 Å². The highest BCUT2D eigenvalue weighted by atomic mass is 16.5. The number of rotatable bonds is 4. The maximum atomic E-state index is 12.5. The average molecular weight is 358 g/mol. The van der Waals surface area contributed by atoms with Crippen molar-refractivity contribution in [1.29, 1.82) is 0 Å². The molecule has 1 amide bonds. The first-order valence-corrected chi connectivity index (χ1v) is 8.16. The lowest BCUT2D eigenvalue weighted by Crippen LogP contribution is -2.26. The molecule has 0 saturated heterocycles. The summed E-state index contributed by atoms with van der Waals surface area (Å²) in [5, 5.41) is 2.71. The van der Waals surface area contributed by atoms with Gasteiger partial charge in [-0.15, -0.1) is 0 Å². The van der Waals surface area contributed by atoms with Crippen LogP contribution < -0.4 is 15.6 Å². The molecule has 0 aliphatic heterocycles. The second-order valence-electron chi connectivity index (χ2n) is 5.67. The third kappa shape index (κ3) is 3.52. The first kappa shape index (κ1) is 16.5. The van der Waals surface area contributed by atoms with E-state index in [0.29, 0.717) is 22.8 Å². The summed E-state index contributed by atoms with van der Waals surface area (Å²) >= 11 is 0. The maximum absolute atomic E-state index is 12.5. The molecular formula is C20H14N4O3. The molecule has 4 aromatic rings. The summed E-state index contributed by atoms with van der Waals surface area (Å²) in [7, 11) is 0. The van der Waals surface area contributed by atoms with Gasteiger partial charge >= 0.3 is 0 Å². The van der Waals surface area contributed by atoms with Crippen LogP contribution in [0.2, 0.25) is 0 Å². The first-order chi connectivity index (χ1) is 13.2. The summed E-state index contributed by atoms with van der Waals surface area (Å²) < 4.78 is 7.05. The zero-order valence-electron chi connectivity index (χ0n) is 14.1. The van der Waals surface area contributed by atoms with Gasteiger partial charge in [-0.25, -0.2) is 4.98 Å². The Morgan fingerprint density at radius 3 is 2.70 bits per heavy atom. The van der Waals surface area contributed by atoms with Gasteiger partial charge in [0.15, 0.2) is 0 Å². The number of fused-ring (bicyclic) bond motifs is 1. The number of carbonyl (C=O) groups is 1. The fourth-order valence-electron chi connectivity index (χ4n) is 2.56. The van der Waals surface area contributed by atoms with Gasteiger partial charge in [-0.05, 0) is 36.4 Å². The van der Waals surface area contributed by atoms with Crippen LogP contribution in [0.1, 0.15) is 10.4 Å². The Balaban J connectivity index is 1.57. The number of benzene rings is 1. The Labute approximate surface area is 153 Å². The van der Waals surface area contributed by atoms with Crippen LogP contribution in [0.3, 0.4) is 0 Å². The van der Waals surface area contributed by atoms with E-state index in [4.69, 9.17) is 4.74 Å². The van der Waals surface area contributed by atoms with Gasteiger partial charge in [-0.3, -0.25) is 19.0 Å². The van der Waals surface area contributed by atoms with E-state index in [1.165, 1.54) is 10.6 Å². The van der Waals surface area contributed by atoms with Crippen molar-refractivity contribution in [2.75, 3.05) is 5.32 Å². The van der Waals surface area contributed by atoms with Crippen molar-refractivity contribution in [3.05, 3.63) is 95.3 Å². The fourth-order valence-corrected chi connectivity index (χ4v) is 2.56. The molecule has 132 valence electrons. The van der Waals surface area contributed by atoms with Crippen molar-refractivity contribution >= 4 is 17.2 Å². The lowest BCUT2D eigenvalue weighted by Gasteiger charge is -2.09. The minimum atomic E-state index is -0.535. The van der Waals surface area contributed by atoms with Crippen molar-refractivity contribution in [2.45, 2.75) is 0 Å². The maximum Gasteiger partial charge on any atom is 0.270 e. The SMILES string of the molecule is O=C(Nc1cccc(Oc2ccncc2)c1)c1cnc2ccccn2c1=O. The standard InChI is InChI=1S/C20H14N4O3/c25-19(17-13-22-18-6-1-2-11-24(18)20(17)26)23-14-4-3-5-16(12-14)27-15-7-9-21-10-8-15/h1-13H,(H,23,25). The highest BCUT2D eigenvalue weighted by molar-refractivity contribution is 6.04. The quantitative estimate of drug-likeness (QED) is 0.606. The third-order valence-corrected chi connectivity index (χ3v) is 3.84. The Morgan fingerprint density at radius 2 is 1.85 bits per heavy atom. The smallest absolute Gasteiger partial charge is 0.270 e. The van der Waals surface area contributed by atoms with Crippen LogP contribution in [0.4, 0.5) is 5.69 Å². The van der Waals surface area contributed by atoms with Crippen LogP contribution >= 0.6 is 0 Å². The Bertz CT molecular complexity index is 1170. The molecule has 0 unspecified atom stereocenters. The molecular weight excluding hydrogens is 344 g/mol. The summed E-state index contributed by atoms with van der Waals surface area (Å²) in [5.74, 6) is 0.643. The Morgan fingerprint density at radius 1 is 1.00 bits per heavy atom. The zero-order chi connectivity index (χ0) is 18.6. The van der Waals surface area contributed by atoms with E-state index in [0.717, 1.165) is 0 Å². The molecule has 3 aromatic heterocycles. The highest BCUT2D eigenvalue weighted by Gasteiger charge is 2.13. The largest absolute Gasteiger partial charge is 0.457 e. The fraction of sp³-hybridized carbons (Fsp3) is 0. The number of ether oxygens (including phenoxy) is 1. The van der Waals surface area contributed by atoms with Gasteiger partial charge in [0.1, 0.15) is 22.7 Å². The minimum absolute atomic E-state index is 0.0424. The molecule has 7 heteroatoms. The summed E-state index contributed by atoms with van der Waals surface area (Å²) in [5.41, 5.74) is 0.511. The number of hydrogen-bond acceptors (Lipinski definition) is 5. The molecule has 3 heterocycles. The molecule has 0 saturated carbocycles. The van der Waals surface area contributed by atoms with E-state index in [-0.39, 0.29) is 5.56 Å². The third-order valence-electron chi connectivity index (χ3n) is 3.84. The normalized spacial score (nSPS) is 10.5. The van der Waals surface area contributed by atoms with Gasteiger partial charge in [0, 0.05) is 36.5 Å². The van der Waals surface area contributed by atoms with Crippen LogP contribution in [0.5, 0.6) is 11.5 Å². The predicted molar refractivity (Wildman–Crippen MR) is 100 cm³/mol. The molecule has 0 atom stereocenters. The number of nitrogens with zero attached hydrogens (tertiary/aromatic N) is 3. The molecule has 4 rings (SSSR count). The second-order valence-corrected chi connectivity index (χ2v) is 5.67. The first-order valence-electron chi connectivity index (χ1n) is 8.16. The topological polar surface area (TPSA) is 85.6 Å². The summed E-state index contributed by atoms with van der Waals surface area (Å²) in [4.78, 5) is 33.1. The van der Waals surface area contributed by atoms with Gasteiger partial charge in [0.25, 0.3) is 11.5 Å². The Hall–Kier alpha value is -4.00. The average Bonchev–Trinajstić information content (AvgIpc) is 2.69. The molecule has 0 aliphatic rings. The summed E-state index contributed by atoms with van der Waals surface area (Å²) in [6, 6.07) is 15.5. The van der Waals surface area contributed by atoms with Crippen molar-refractivity contribution in [2.24, 2.45) is 0 Å². The minimum Gasteiger partial charge on any atom is -0.457 e. The molecule has 7 nitrogen and oxygen atoms in total. The second kappa shape index (κ2) is 7.09. The van der Waals surface area contributed by atoms with Gasteiger partial charge in [0.05, 0.1) is 0 Å². The molecule has 0 aliphatic carbocycles. The number of nitrogens with one attached hydrogen (secondary N) is 1. The number of anilines is 1. The van der Waals surface area contributed by atoms with E-state index in [2.05, 4.69) is 15.3 Å². The highest BCUT2D eigenvalue weighted by Crippen LogP contribution is 2.23. The van der Waals surface area contributed by atoms with E-state index in [1.807, 2.05) is 0 Å². The number of pyridine rings is 2. The number of amides is 1. The zero-order valence-corrected chi connectivity index (χ0v) is 14.1. The van der Waals surface area contributed by atoms with Crippen LogP contribution in [0.25, 0.3) is 5.65 Å². The van der Waals surface area contributed by atoms with Crippen molar-refractivity contribution in [1.82, 2.24) is 14.4 Å². The van der Waals surface area contributed by atoms with Crippen molar-refractivity contribution in [3.8, 4) is 11.5 Å². The van der Waals surface area contributed by atoms with Gasteiger partial charge < -0.3 is 10.1 Å². The molecule has 0 bridgehead atoms. The van der Waals surface area contributed by atoms with Crippen LogP contribution in [0, 0.1) is 0 Å². The summed E-state index contributed by atoms with van der Waals surface area (Å²) in [6.45, 7) is 0. The lowest BCUT2D eigenvalue weighted by atomic mass is 10.2. The molecule has 27 heavy (non-hydrogen) atoms. The number of carbonyl (C=O) groups excluding carboxylic acids is 1. The lowest BCUT2D eigenvalue weighted by molar-refractivity contribution is 0.102. The van der Waals surface area contributed by atoms with Gasteiger partial charge in [-0.2, -0.15) is 0 Å². The molecule has 0 fully saturated rings. The predicted octanol–water partition coefficient (Wildman–Crippen LogP) is 3.13. The number of aromatic nitrogens is 3. The van der Waals surface area contributed by atoms with Crippen LogP contribution in [0.15, 0.2) is 84.2 Å². The molecule has 1 aromatic carbocycles. The van der Waals surface area contributed by atoms with Crippen molar-refractivity contribution < 1.29 is 9.53 Å². The van der Waals surface area contributed by atoms with Gasteiger partial charge in [-0.1, -0.05) is 12.1 Å². The number of hydrogen-bond donors (Lipinski definition) is 1. The van der Waals surface area contributed by atoms with E-state index < -0.39 is 11.5 Å². The van der Waals surface area contributed by atoms with Crippen LogP contribution in [-0.4, -0.2) is 20.3 Å². The van der Waals surface area contributed by atoms with E-state index in [9.17, 15) is 9.59 Å². The molecule has 1 N–H and O–H groups in total. The summed E-state index contributed by atoms with van der Waals surface area (Å²) in [6.07, 6.45) is 6.11. The van der Waals surface area contributed by atoms with Crippen molar-refractivity contribution in [3.63, 3.8) is 0 Å².